The Kier molecular flexibility index (Phi) is 4.21. The van der Waals surface area contributed by atoms with E-state index in [2.05, 4.69) is 9.97 Å². The van der Waals surface area contributed by atoms with Gasteiger partial charge in [-0.25, -0.2) is 9.18 Å². The molecule has 2 aromatic heterocycles. The van der Waals surface area contributed by atoms with E-state index in [1.54, 1.807) is 30.6 Å². The monoisotopic (exact) mass is 330 g/mol. The van der Waals surface area contributed by atoms with Crippen molar-refractivity contribution in [2.24, 2.45) is 0 Å². The molecule has 0 bridgehead atoms. The van der Waals surface area contributed by atoms with Crippen LogP contribution in [0.1, 0.15) is 21.6 Å². The van der Waals surface area contributed by atoms with Crippen molar-refractivity contribution in [2.45, 2.75) is 6.42 Å². The number of rotatable bonds is 3. The molecule has 0 spiro atoms. The second-order valence-electron chi connectivity index (χ2n) is 5.01. The predicted molar refractivity (Wildman–Crippen MR) is 85.1 cm³/mol. The molecule has 0 saturated heterocycles. The van der Waals surface area contributed by atoms with Gasteiger partial charge in [0.1, 0.15) is 5.82 Å². The molecule has 6 heteroatoms. The maximum Gasteiger partial charge on any atom is 0.337 e. The fourth-order valence-electron chi connectivity index (χ4n) is 2.29. The number of ether oxygens (including phenoxy) is 1. The minimum Gasteiger partial charge on any atom is -0.465 e. The first-order chi connectivity index (χ1) is 11.1. The van der Waals surface area contributed by atoms with Gasteiger partial charge in [-0.3, -0.25) is 9.97 Å². The molecule has 23 heavy (non-hydrogen) atoms. The molecule has 0 fully saturated rings. The van der Waals surface area contributed by atoms with Gasteiger partial charge in [-0.2, -0.15) is 0 Å². The van der Waals surface area contributed by atoms with Crippen LogP contribution in [0, 0.1) is 5.82 Å². The van der Waals surface area contributed by atoms with E-state index < -0.39 is 11.8 Å². The molecule has 0 atom stereocenters. The number of aromatic nitrogens is 2. The van der Waals surface area contributed by atoms with Gasteiger partial charge in [-0.1, -0.05) is 11.6 Å². The lowest BCUT2D eigenvalue weighted by molar-refractivity contribution is 0.0600. The largest absolute Gasteiger partial charge is 0.465 e. The van der Waals surface area contributed by atoms with E-state index in [4.69, 9.17) is 16.3 Å². The number of pyridine rings is 2. The van der Waals surface area contributed by atoms with Crippen LogP contribution in [-0.2, 0) is 11.2 Å². The molecule has 0 saturated carbocycles. The highest BCUT2D eigenvalue weighted by atomic mass is 35.5. The number of hydrogen-bond donors (Lipinski definition) is 0. The summed E-state index contributed by atoms with van der Waals surface area (Å²) in [5.41, 5.74) is 2.57. The third kappa shape index (κ3) is 3.29. The minimum absolute atomic E-state index is 0.0577. The molecule has 3 rings (SSSR count). The molecule has 116 valence electrons. The first kappa shape index (κ1) is 15.4. The lowest BCUT2D eigenvalue weighted by atomic mass is 10.1. The van der Waals surface area contributed by atoms with Crippen LogP contribution in [0.5, 0.6) is 0 Å². The number of carbonyl (C=O) groups is 1. The lowest BCUT2D eigenvalue weighted by Gasteiger charge is -2.05. The molecule has 0 radical (unpaired) electrons. The molecule has 1 aromatic carbocycles. The zero-order valence-corrected chi connectivity index (χ0v) is 13.0. The highest BCUT2D eigenvalue weighted by Gasteiger charge is 2.09. The SMILES string of the molecule is COC(=O)c1ccnc(Cc2cnc3cc(F)c(Cl)cc3c2)c1. The van der Waals surface area contributed by atoms with Crippen molar-refractivity contribution >= 4 is 28.5 Å². The van der Waals surface area contributed by atoms with E-state index in [0.717, 1.165) is 10.9 Å². The van der Waals surface area contributed by atoms with Crippen molar-refractivity contribution in [2.75, 3.05) is 7.11 Å². The van der Waals surface area contributed by atoms with Crippen LogP contribution in [0.2, 0.25) is 5.02 Å². The Labute approximate surface area is 136 Å². The maximum atomic E-state index is 13.4. The van der Waals surface area contributed by atoms with Crippen molar-refractivity contribution < 1.29 is 13.9 Å². The molecule has 4 nitrogen and oxygen atoms in total. The lowest BCUT2D eigenvalue weighted by Crippen LogP contribution is -2.03. The van der Waals surface area contributed by atoms with E-state index in [-0.39, 0.29) is 5.02 Å². The van der Waals surface area contributed by atoms with Gasteiger partial charge in [0.2, 0.25) is 0 Å². The molecular formula is C17H12ClFN2O2. The third-order valence-electron chi connectivity index (χ3n) is 3.40. The second kappa shape index (κ2) is 6.30. The summed E-state index contributed by atoms with van der Waals surface area (Å²) in [5, 5.41) is 0.806. The van der Waals surface area contributed by atoms with E-state index in [1.165, 1.54) is 13.2 Å². The van der Waals surface area contributed by atoms with Crippen LogP contribution in [0.25, 0.3) is 10.9 Å². The highest BCUT2D eigenvalue weighted by Crippen LogP contribution is 2.23. The normalized spacial score (nSPS) is 10.7. The predicted octanol–water partition coefficient (Wildman–Crippen LogP) is 3.80. The maximum absolute atomic E-state index is 13.4. The zero-order valence-electron chi connectivity index (χ0n) is 12.2. The third-order valence-corrected chi connectivity index (χ3v) is 3.69. The number of esters is 1. The summed E-state index contributed by atoms with van der Waals surface area (Å²) in [4.78, 5) is 20.0. The quantitative estimate of drug-likeness (QED) is 0.685. The molecule has 0 N–H and O–H groups in total. The van der Waals surface area contributed by atoms with Crippen LogP contribution in [0.4, 0.5) is 4.39 Å². The fourth-order valence-corrected chi connectivity index (χ4v) is 2.47. The Bertz CT molecular complexity index is 899. The number of carbonyl (C=O) groups excluding carboxylic acids is 1. The zero-order chi connectivity index (χ0) is 16.4. The summed E-state index contributed by atoms with van der Waals surface area (Å²) < 4.78 is 18.1. The fraction of sp³-hybridized carbons (Fsp3) is 0.118. The molecular weight excluding hydrogens is 319 g/mol. The number of nitrogens with zero attached hydrogens (tertiary/aromatic N) is 2. The van der Waals surface area contributed by atoms with Gasteiger partial charge in [0, 0.05) is 36.0 Å². The van der Waals surface area contributed by atoms with Gasteiger partial charge in [-0.05, 0) is 29.8 Å². The first-order valence-corrected chi connectivity index (χ1v) is 7.21. The van der Waals surface area contributed by atoms with E-state index in [9.17, 15) is 9.18 Å². The molecule has 0 amide bonds. The van der Waals surface area contributed by atoms with Crippen LogP contribution >= 0.6 is 11.6 Å². The van der Waals surface area contributed by atoms with E-state index in [1.807, 2.05) is 6.07 Å². The molecule has 0 aliphatic carbocycles. The Balaban J connectivity index is 1.92. The minimum atomic E-state index is -0.494. The molecule has 0 aliphatic rings. The van der Waals surface area contributed by atoms with Gasteiger partial charge >= 0.3 is 5.97 Å². The number of halogens is 2. The average Bonchev–Trinajstić information content (AvgIpc) is 2.56. The van der Waals surface area contributed by atoms with E-state index in [0.29, 0.717) is 23.2 Å². The summed E-state index contributed by atoms with van der Waals surface area (Å²) >= 11 is 5.81. The Morgan fingerprint density at radius 2 is 2.09 bits per heavy atom. The summed E-state index contributed by atoms with van der Waals surface area (Å²) in [6.45, 7) is 0. The number of benzene rings is 1. The van der Waals surface area contributed by atoms with Crippen LogP contribution in [0.3, 0.4) is 0 Å². The van der Waals surface area contributed by atoms with Crippen molar-refractivity contribution in [3.63, 3.8) is 0 Å². The highest BCUT2D eigenvalue weighted by molar-refractivity contribution is 6.31. The van der Waals surface area contributed by atoms with Crippen molar-refractivity contribution in [1.29, 1.82) is 0 Å². The topological polar surface area (TPSA) is 52.1 Å². The molecule has 0 unspecified atom stereocenters. The van der Waals surface area contributed by atoms with Crippen molar-refractivity contribution in [3.8, 4) is 0 Å². The van der Waals surface area contributed by atoms with Gasteiger partial charge in [0.25, 0.3) is 0 Å². The number of fused-ring (bicyclic) bond motifs is 1. The molecule has 2 heterocycles. The summed E-state index contributed by atoms with van der Waals surface area (Å²) in [6.07, 6.45) is 3.70. The smallest absolute Gasteiger partial charge is 0.337 e. The number of hydrogen-bond acceptors (Lipinski definition) is 4. The average molecular weight is 331 g/mol. The first-order valence-electron chi connectivity index (χ1n) is 6.84. The van der Waals surface area contributed by atoms with Gasteiger partial charge in [0.15, 0.2) is 0 Å². The summed E-state index contributed by atoms with van der Waals surface area (Å²) in [7, 11) is 1.33. The Hall–Kier alpha value is -2.53. The van der Waals surface area contributed by atoms with Crippen LogP contribution in [0.15, 0.2) is 42.7 Å². The van der Waals surface area contributed by atoms with E-state index >= 15 is 0 Å². The van der Waals surface area contributed by atoms with Gasteiger partial charge < -0.3 is 4.74 Å². The molecule has 0 aliphatic heterocycles. The Morgan fingerprint density at radius 1 is 1.26 bits per heavy atom. The number of methoxy groups -OCH3 is 1. The summed E-state index contributed by atoms with van der Waals surface area (Å²) in [5.74, 6) is -0.903. The van der Waals surface area contributed by atoms with Crippen molar-refractivity contribution in [3.05, 3.63) is 70.4 Å². The standard InChI is InChI=1S/C17H12ClFN2O2/c1-23-17(22)11-2-3-20-13(6-11)5-10-4-12-7-14(18)15(19)8-16(12)21-9-10/h2-4,6-9H,5H2,1H3. The van der Waals surface area contributed by atoms with Gasteiger partial charge in [0.05, 0.1) is 23.2 Å². The van der Waals surface area contributed by atoms with Crippen molar-refractivity contribution in [1.82, 2.24) is 9.97 Å². The van der Waals surface area contributed by atoms with Crippen LogP contribution in [-0.4, -0.2) is 23.0 Å². The second-order valence-corrected chi connectivity index (χ2v) is 5.41. The Morgan fingerprint density at radius 3 is 2.87 bits per heavy atom. The van der Waals surface area contributed by atoms with Gasteiger partial charge in [-0.15, -0.1) is 0 Å². The molecule has 3 aromatic rings. The van der Waals surface area contributed by atoms with Crippen LogP contribution < -0.4 is 0 Å². The summed E-state index contributed by atoms with van der Waals surface area (Å²) in [6, 6.07) is 7.99.